The lowest BCUT2D eigenvalue weighted by atomic mass is 10.1. The molecule has 1 aromatic carbocycles. The number of halogens is 3. The Kier molecular flexibility index (Phi) is 2.72. The van der Waals surface area contributed by atoms with Gasteiger partial charge in [0.1, 0.15) is 6.61 Å². The Balaban J connectivity index is 2.23. The largest absolute Gasteiger partial charge is 0.508 e. The van der Waals surface area contributed by atoms with Gasteiger partial charge in [0.05, 0.1) is 0 Å². The van der Waals surface area contributed by atoms with Gasteiger partial charge in [-0.1, -0.05) is 12.1 Å². The van der Waals surface area contributed by atoms with Crippen molar-refractivity contribution in [3.63, 3.8) is 0 Å². The van der Waals surface area contributed by atoms with Gasteiger partial charge in [0, 0.05) is 5.56 Å². The third-order valence-electron chi connectivity index (χ3n) is 2.22. The average Bonchev–Trinajstić information content (AvgIpc) is 2.68. The molecule has 16 heavy (non-hydrogen) atoms. The van der Waals surface area contributed by atoms with Gasteiger partial charge in [0.25, 0.3) is 0 Å². The molecular formula is C10H7F3O3. The summed E-state index contributed by atoms with van der Waals surface area (Å²) in [6.07, 6.45) is -4.18. The van der Waals surface area contributed by atoms with Gasteiger partial charge in [-0.2, -0.15) is 0 Å². The summed E-state index contributed by atoms with van der Waals surface area (Å²) in [7, 11) is 0. The molecule has 0 bridgehead atoms. The average molecular weight is 232 g/mol. The van der Waals surface area contributed by atoms with Gasteiger partial charge in [0.15, 0.2) is 23.9 Å². The zero-order valence-electron chi connectivity index (χ0n) is 7.95. The van der Waals surface area contributed by atoms with Crippen molar-refractivity contribution >= 4 is 6.16 Å². The van der Waals surface area contributed by atoms with Crippen LogP contribution in [-0.2, 0) is 9.47 Å². The first-order valence-corrected chi connectivity index (χ1v) is 4.51. The monoisotopic (exact) mass is 232 g/mol. The second-order valence-corrected chi connectivity index (χ2v) is 3.26. The first-order chi connectivity index (χ1) is 7.59. The van der Waals surface area contributed by atoms with Crippen LogP contribution in [0.15, 0.2) is 18.2 Å². The van der Waals surface area contributed by atoms with E-state index in [1.165, 1.54) is 6.07 Å². The Labute approximate surface area is 88.8 Å². The van der Waals surface area contributed by atoms with E-state index in [1.54, 1.807) is 0 Å². The van der Waals surface area contributed by atoms with Gasteiger partial charge in [-0.15, -0.1) is 0 Å². The molecule has 1 fully saturated rings. The molecule has 86 valence electrons. The molecule has 1 saturated heterocycles. The Morgan fingerprint density at radius 3 is 2.75 bits per heavy atom. The Morgan fingerprint density at radius 2 is 2.12 bits per heavy atom. The van der Waals surface area contributed by atoms with Gasteiger partial charge >= 0.3 is 6.16 Å². The number of cyclic esters (lactones) is 2. The third kappa shape index (κ3) is 1.82. The molecule has 0 saturated carbocycles. The van der Waals surface area contributed by atoms with Crippen molar-refractivity contribution in [1.29, 1.82) is 0 Å². The molecule has 0 radical (unpaired) electrons. The van der Waals surface area contributed by atoms with Gasteiger partial charge in [0.2, 0.25) is 0 Å². The highest BCUT2D eigenvalue weighted by molar-refractivity contribution is 5.62. The quantitative estimate of drug-likeness (QED) is 0.735. The molecule has 2 atom stereocenters. The number of carbonyl (C=O) groups is 1. The fourth-order valence-electron chi connectivity index (χ4n) is 1.42. The maximum atomic E-state index is 13.7. The molecule has 1 aliphatic heterocycles. The third-order valence-corrected chi connectivity index (χ3v) is 2.22. The number of ether oxygens (including phenoxy) is 2. The highest BCUT2D eigenvalue weighted by Gasteiger charge is 2.35. The molecule has 1 aromatic rings. The molecule has 0 spiro atoms. The van der Waals surface area contributed by atoms with Gasteiger partial charge < -0.3 is 9.47 Å². The predicted molar refractivity (Wildman–Crippen MR) is 46.4 cm³/mol. The van der Waals surface area contributed by atoms with Gasteiger partial charge in [-0.25, -0.2) is 18.0 Å². The highest BCUT2D eigenvalue weighted by atomic mass is 19.2. The van der Waals surface area contributed by atoms with E-state index in [0.29, 0.717) is 0 Å². The molecule has 1 aliphatic rings. The minimum Gasteiger partial charge on any atom is -0.430 e. The van der Waals surface area contributed by atoms with Crippen LogP contribution in [0.25, 0.3) is 0 Å². The summed E-state index contributed by atoms with van der Waals surface area (Å²) >= 11 is 0. The van der Waals surface area contributed by atoms with Crippen molar-refractivity contribution in [3.05, 3.63) is 35.4 Å². The van der Waals surface area contributed by atoms with E-state index in [2.05, 4.69) is 9.47 Å². The van der Waals surface area contributed by atoms with Crippen LogP contribution < -0.4 is 0 Å². The van der Waals surface area contributed by atoms with Crippen LogP contribution in [-0.4, -0.2) is 18.9 Å². The van der Waals surface area contributed by atoms with Crippen molar-refractivity contribution in [2.45, 2.75) is 12.3 Å². The highest BCUT2D eigenvalue weighted by Crippen LogP contribution is 2.29. The van der Waals surface area contributed by atoms with Crippen LogP contribution in [0.2, 0.25) is 0 Å². The molecule has 0 aromatic heterocycles. The first-order valence-electron chi connectivity index (χ1n) is 4.51. The van der Waals surface area contributed by atoms with Crippen LogP contribution in [0.5, 0.6) is 0 Å². The molecule has 6 heteroatoms. The Morgan fingerprint density at radius 1 is 1.38 bits per heavy atom. The number of benzene rings is 1. The zero-order chi connectivity index (χ0) is 11.7. The topological polar surface area (TPSA) is 35.5 Å². The lowest BCUT2D eigenvalue weighted by molar-refractivity contribution is 0.0794. The summed E-state index contributed by atoms with van der Waals surface area (Å²) in [5, 5.41) is 0. The molecule has 0 N–H and O–H groups in total. The van der Waals surface area contributed by atoms with E-state index < -0.39 is 35.6 Å². The Hall–Kier alpha value is -1.72. The summed E-state index contributed by atoms with van der Waals surface area (Å²) in [5.74, 6) is -2.43. The van der Waals surface area contributed by atoms with Gasteiger partial charge in [-0.3, -0.25) is 0 Å². The number of rotatable bonds is 2. The summed E-state index contributed by atoms with van der Waals surface area (Å²) < 4.78 is 48.5. The maximum Gasteiger partial charge on any atom is 0.508 e. The predicted octanol–water partition coefficient (Wildman–Crippen LogP) is 2.51. The second-order valence-electron chi connectivity index (χ2n) is 3.26. The van der Waals surface area contributed by atoms with Crippen LogP contribution in [0.1, 0.15) is 11.7 Å². The summed E-state index contributed by atoms with van der Waals surface area (Å²) in [6, 6.07) is 3.15. The van der Waals surface area contributed by atoms with E-state index >= 15 is 0 Å². The van der Waals surface area contributed by atoms with Crippen molar-refractivity contribution in [1.82, 2.24) is 0 Å². The SMILES string of the molecule is O=C1OCC(C(F)c2cccc(F)c2F)O1. The van der Waals surface area contributed by atoms with Crippen molar-refractivity contribution in [2.24, 2.45) is 0 Å². The molecule has 1 heterocycles. The van der Waals surface area contributed by atoms with Crippen molar-refractivity contribution < 1.29 is 27.4 Å². The number of hydrogen-bond donors (Lipinski definition) is 0. The lowest BCUT2D eigenvalue weighted by Crippen LogP contribution is -2.19. The Bertz CT molecular complexity index is 422. The summed E-state index contributed by atoms with van der Waals surface area (Å²) in [6.45, 7) is -0.310. The van der Waals surface area contributed by atoms with E-state index in [0.717, 1.165) is 12.1 Å². The van der Waals surface area contributed by atoms with Crippen molar-refractivity contribution in [2.75, 3.05) is 6.61 Å². The van der Waals surface area contributed by atoms with E-state index in [4.69, 9.17) is 0 Å². The first kappa shape index (κ1) is 10.8. The molecule has 3 nitrogen and oxygen atoms in total. The smallest absolute Gasteiger partial charge is 0.430 e. The zero-order valence-corrected chi connectivity index (χ0v) is 7.95. The van der Waals surface area contributed by atoms with Crippen LogP contribution in [0.4, 0.5) is 18.0 Å². The van der Waals surface area contributed by atoms with Crippen LogP contribution >= 0.6 is 0 Å². The van der Waals surface area contributed by atoms with E-state index in [9.17, 15) is 18.0 Å². The molecule has 0 amide bonds. The lowest BCUT2D eigenvalue weighted by Gasteiger charge is -2.13. The number of alkyl halides is 1. The normalized spacial score (nSPS) is 21.4. The second kappa shape index (κ2) is 4.03. The number of hydrogen-bond acceptors (Lipinski definition) is 3. The fourth-order valence-corrected chi connectivity index (χ4v) is 1.42. The minimum atomic E-state index is -1.94. The standard InChI is InChI=1S/C10H7F3O3/c11-6-3-1-2-5(8(6)12)9(13)7-4-15-10(14)16-7/h1-3,7,9H,4H2. The van der Waals surface area contributed by atoms with Crippen LogP contribution in [0.3, 0.4) is 0 Å². The molecule has 2 rings (SSSR count). The fraction of sp³-hybridized carbons (Fsp3) is 0.300. The summed E-state index contributed by atoms with van der Waals surface area (Å²) in [4.78, 5) is 10.6. The molecular weight excluding hydrogens is 225 g/mol. The molecule has 2 unspecified atom stereocenters. The number of carbonyl (C=O) groups excluding carboxylic acids is 1. The van der Waals surface area contributed by atoms with E-state index in [1.807, 2.05) is 0 Å². The van der Waals surface area contributed by atoms with E-state index in [-0.39, 0.29) is 6.61 Å². The minimum absolute atomic E-state index is 0.310. The summed E-state index contributed by atoms with van der Waals surface area (Å²) in [5.41, 5.74) is -0.483. The van der Waals surface area contributed by atoms with Gasteiger partial charge in [-0.05, 0) is 6.07 Å². The van der Waals surface area contributed by atoms with Crippen molar-refractivity contribution in [3.8, 4) is 0 Å². The maximum absolute atomic E-state index is 13.7. The van der Waals surface area contributed by atoms with Crippen LogP contribution in [0, 0.1) is 11.6 Å². The molecule has 0 aliphatic carbocycles.